The summed E-state index contributed by atoms with van der Waals surface area (Å²) in [5.74, 6) is 0.412. The van der Waals surface area contributed by atoms with Crippen molar-refractivity contribution in [1.82, 2.24) is 5.01 Å². The Hall–Kier alpha value is -3.35. The van der Waals surface area contributed by atoms with E-state index >= 15 is 0 Å². The van der Waals surface area contributed by atoms with Gasteiger partial charge in [0, 0.05) is 22.0 Å². The second-order valence-corrected chi connectivity index (χ2v) is 8.25. The zero-order chi connectivity index (χ0) is 23.4. The number of halogens is 2. The molecule has 3 aromatic carbocycles. The molecule has 8 heteroatoms. The molecular weight excluding hydrogens is 463 g/mol. The highest BCUT2D eigenvalue weighted by atomic mass is 35.5. The first-order valence-electron chi connectivity index (χ1n) is 10.2. The largest absolute Gasteiger partial charge is 0.493 e. The van der Waals surface area contributed by atoms with Crippen molar-refractivity contribution in [2.24, 2.45) is 5.10 Å². The van der Waals surface area contributed by atoms with Crippen LogP contribution in [-0.2, 0) is 4.79 Å². The monoisotopic (exact) mass is 482 g/mol. The van der Waals surface area contributed by atoms with Crippen LogP contribution in [0.4, 0.5) is 0 Å². The molecule has 6 nitrogen and oxygen atoms in total. The zero-order valence-corrected chi connectivity index (χ0v) is 19.2. The van der Waals surface area contributed by atoms with Crippen molar-refractivity contribution in [3.05, 3.63) is 93.5 Å². The maximum atomic E-state index is 13.2. The van der Waals surface area contributed by atoms with Crippen LogP contribution in [0.15, 0.2) is 71.8 Å². The van der Waals surface area contributed by atoms with Crippen LogP contribution in [0.5, 0.6) is 11.5 Å². The summed E-state index contributed by atoms with van der Waals surface area (Å²) >= 11 is 12.1. The van der Waals surface area contributed by atoms with Gasteiger partial charge in [0.05, 0.1) is 18.9 Å². The molecule has 1 amide bonds. The minimum Gasteiger partial charge on any atom is -0.493 e. The van der Waals surface area contributed by atoms with Crippen molar-refractivity contribution >= 4 is 41.1 Å². The minimum absolute atomic E-state index is 0.252. The third kappa shape index (κ3) is 5.18. The molecule has 0 aromatic heterocycles. The number of ether oxygens (including phenoxy) is 2. The van der Waals surface area contributed by atoms with Crippen LogP contribution >= 0.6 is 23.2 Å². The molecule has 4 rings (SSSR count). The molecule has 1 heterocycles. The fourth-order valence-corrected chi connectivity index (χ4v) is 3.84. The Bertz CT molecular complexity index is 1190. The number of hydrogen-bond donors (Lipinski definition) is 0. The summed E-state index contributed by atoms with van der Waals surface area (Å²) in [6.45, 7) is -0.252. The summed E-state index contributed by atoms with van der Waals surface area (Å²) in [7, 11) is 1.47. The number of amides is 1. The molecule has 1 unspecified atom stereocenters. The van der Waals surface area contributed by atoms with Gasteiger partial charge in [-0.25, -0.2) is 5.01 Å². The number of hydrazone groups is 1. The molecule has 1 atom stereocenters. The molecule has 0 saturated carbocycles. The first kappa shape index (κ1) is 22.8. The van der Waals surface area contributed by atoms with Gasteiger partial charge in [-0.3, -0.25) is 9.59 Å². The summed E-state index contributed by atoms with van der Waals surface area (Å²) in [6, 6.07) is 19.1. The van der Waals surface area contributed by atoms with Crippen LogP contribution in [0, 0.1) is 0 Å². The van der Waals surface area contributed by atoms with Gasteiger partial charge in [0.15, 0.2) is 18.1 Å². The number of nitrogens with zero attached hydrogens (tertiary/aromatic N) is 2. The van der Waals surface area contributed by atoms with Crippen molar-refractivity contribution in [2.75, 3.05) is 13.7 Å². The number of benzene rings is 3. The van der Waals surface area contributed by atoms with E-state index in [0.29, 0.717) is 39.8 Å². The van der Waals surface area contributed by atoms with E-state index in [9.17, 15) is 9.59 Å². The van der Waals surface area contributed by atoms with Crippen molar-refractivity contribution in [1.29, 1.82) is 0 Å². The fourth-order valence-electron chi connectivity index (χ4n) is 3.58. The SMILES string of the molecule is COc1cc(C=O)ccc1OCC(=O)N1N=C(c2ccc(Cl)cc2)CC1c1ccc(Cl)cc1. The highest BCUT2D eigenvalue weighted by Gasteiger charge is 2.33. The molecule has 1 aliphatic rings. The number of carbonyl (C=O) groups is 2. The normalized spacial score (nSPS) is 15.2. The third-order valence-electron chi connectivity index (χ3n) is 5.27. The maximum Gasteiger partial charge on any atom is 0.281 e. The molecule has 1 aliphatic heterocycles. The second-order valence-electron chi connectivity index (χ2n) is 7.38. The van der Waals surface area contributed by atoms with Crippen LogP contribution in [0.25, 0.3) is 0 Å². The predicted molar refractivity (Wildman–Crippen MR) is 128 cm³/mol. The van der Waals surface area contributed by atoms with E-state index < -0.39 is 0 Å². The van der Waals surface area contributed by atoms with Gasteiger partial charge in [-0.15, -0.1) is 0 Å². The van der Waals surface area contributed by atoms with Gasteiger partial charge in [0.25, 0.3) is 5.91 Å². The number of aldehydes is 1. The van der Waals surface area contributed by atoms with E-state index in [-0.39, 0.29) is 18.6 Å². The van der Waals surface area contributed by atoms with Gasteiger partial charge in [-0.2, -0.15) is 5.10 Å². The highest BCUT2D eigenvalue weighted by Crippen LogP contribution is 2.34. The zero-order valence-electron chi connectivity index (χ0n) is 17.7. The van der Waals surface area contributed by atoms with E-state index in [2.05, 4.69) is 5.10 Å². The lowest BCUT2D eigenvalue weighted by atomic mass is 9.98. The van der Waals surface area contributed by atoms with Gasteiger partial charge >= 0.3 is 0 Å². The Morgan fingerprint density at radius 2 is 1.70 bits per heavy atom. The Morgan fingerprint density at radius 3 is 2.33 bits per heavy atom. The highest BCUT2D eigenvalue weighted by molar-refractivity contribution is 6.31. The molecule has 0 spiro atoms. The summed E-state index contributed by atoms with van der Waals surface area (Å²) in [6.07, 6.45) is 1.25. The minimum atomic E-state index is -0.319. The standard InChI is InChI=1S/C25H20Cl2N2O4/c1-32-24-12-16(14-30)2-11-23(24)33-15-25(31)29-22(18-5-9-20(27)10-6-18)13-21(28-29)17-3-7-19(26)8-4-17/h2-12,14,22H,13,15H2,1H3. The summed E-state index contributed by atoms with van der Waals surface area (Å²) in [5.41, 5.74) is 3.02. The van der Waals surface area contributed by atoms with E-state index in [0.717, 1.165) is 16.8 Å². The second kappa shape index (κ2) is 10.1. The smallest absolute Gasteiger partial charge is 0.281 e. The molecule has 0 aliphatic carbocycles. The van der Waals surface area contributed by atoms with Gasteiger partial charge in [0.2, 0.25) is 0 Å². The summed E-state index contributed by atoms with van der Waals surface area (Å²) < 4.78 is 11.0. The van der Waals surface area contributed by atoms with E-state index in [4.69, 9.17) is 32.7 Å². The first-order chi connectivity index (χ1) is 16.0. The molecule has 0 saturated heterocycles. The Balaban J connectivity index is 1.58. The van der Waals surface area contributed by atoms with E-state index in [1.54, 1.807) is 42.5 Å². The number of carbonyl (C=O) groups excluding carboxylic acids is 2. The van der Waals surface area contributed by atoms with Crippen LogP contribution in [0.2, 0.25) is 10.0 Å². The van der Waals surface area contributed by atoms with Crippen molar-refractivity contribution < 1.29 is 19.1 Å². The van der Waals surface area contributed by atoms with Crippen molar-refractivity contribution in [3.8, 4) is 11.5 Å². The lowest BCUT2D eigenvalue weighted by Crippen LogP contribution is -2.31. The lowest BCUT2D eigenvalue weighted by molar-refractivity contribution is -0.135. The van der Waals surface area contributed by atoms with Crippen LogP contribution < -0.4 is 9.47 Å². The van der Waals surface area contributed by atoms with Crippen LogP contribution in [0.3, 0.4) is 0 Å². The Morgan fingerprint density at radius 1 is 1.03 bits per heavy atom. The van der Waals surface area contributed by atoms with Crippen LogP contribution in [0.1, 0.15) is 33.9 Å². The fraction of sp³-hybridized carbons (Fsp3) is 0.160. The van der Waals surface area contributed by atoms with E-state index in [1.807, 2.05) is 24.3 Å². The van der Waals surface area contributed by atoms with E-state index in [1.165, 1.54) is 12.1 Å². The Kier molecular flexibility index (Phi) is 6.96. The summed E-state index contributed by atoms with van der Waals surface area (Å²) in [4.78, 5) is 24.2. The number of rotatable bonds is 7. The molecule has 0 fully saturated rings. The van der Waals surface area contributed by atoms with Gasteiger partial charge < -0.3 is 9.47 Å². The maximum absolute atomic E-state index is 13.2. The molecule has 0 N–H and O–H groups in total. The van der Waals surface area contributed by atoms with Gasteiger partial charge in [-0.05, 0) is 53.6 Å². The molecule has 0 bridgehead atoms. The number of hydrogen-bond acceptors (Lipinski definition) is 5. The predicted octanol–water partition coefficient (Wildman–Crippen LogP) is 5.57. The van der Waals surface area contributed by atoms with Crippen LogP contribution in [-0.4, -0.2) is 36.6 Å². The topological polar surface area (TPSA) is 68.2 Å². The first-order valence-corrected chi connectivity index (χ1v) is 10.9. The summed E-state index contributed by atoms with van der Waals surface area (Å²) in [5, 5.41) is 7.30. The average Bonchev–Trinajstić information content (AvgIpc) is 3.29. The van der Waals surface area contributed by atoms with Gasteiger partial charge in [-0.1, -0.05) is 47.5 Å². The molecule has 33 heavy (non-hydrogen) atoms. The third-order valence-corrected chi connectivity index (χ3v) is 5.78. The lowest BCUT2D eigenvalue weighted by Gasteiger charge is -2.22. The number of methoxy groups -OCH3 is 1. The quantitative estimate of drug-likeness (QED) is 0.412. The van der Waals surface area contributed by atoms with Crippen molar-refractivity contribution in [3.63, 3.8) is 0 Å². The van der Waals surface area contributed by atoms with Crippen molar-refractivity contribution in [2.45, 2.75) is 12.5 Å². The average molecular weight is 483 g/mol. The Labute approximate surface area is 201 Å². The molecule has 3 aromatic rings. The molecular formula is C25H20Cl2N2O4. The van der Waals surface area contributed by atoms with Gasteiger partial charge in [0.1, 0.15) is 6.29 Å². The molecule has 0 radical (unpaired) electrons. The molecule has 168 valence electrons.